The highest BCUT2D eigenvalue weighted by atomic mass is 32.7. The molecular weight excluding hydrogens is 159 g/mol. The van der Waals surface area contributed by atoms with Gasteiger partial charge >= 0.3 is 6.80 Å². The highest BCUT2D eigenvalue weighted by molar-refractivity contribution is 8.54. The van der Waals surface area contributed by atoms with E-state index in [-0.39, 0.29) is 0 Å². The van der Waals surface area contributed by atoms with E-state index in [0.717, 1.165) is 17.8 Å². The van der Waals surface area contributed by atoms with Crippen LogP contribution >= 0.6 is 18.2 Å². The lowest BCUT2D eigenvalue weighted by molar-refractivity contribution is 0.276. The molecule has 0 spiro atoms. The van der Waals surface area contributed by atoms with Crippen molar-refractivity contribution in [1.82, 2.24) is 0 Å². The second-order valence-electron chi connectivity index (χ2n) is 1.48. The molecule has 0 aromatic heterocycles. The van der Waals surface area contributed by atoms with Crippen LogP contribution < -0.4 is 0 Å². The van der Waals surface area contributed by atoms with Crippen LogP contribution in [0.15, 0.2) is 0 Å². The van der Waals surface area contributed by atoms with Crippen molar-refractivity contribution < 1.29 is 14.0 Å². The molecule has 0 aliphatic carbocycles. The molecule has 0 aromatic carbocycles. The summed E-state index contributed by atoms with van der Waals surface area (Å²) >= 11 is 0.856. The lowest BCUT2D eigenvalue weighted by Gasteiger charge is -2.06. The highest BCUT2D eigenvalue weighted by Crippen LogP contribution is 2.53. The molecule has 0 amide bonds. The minimum absolute atomic E-state index is 0.356. The van der Waals surface area contributed by atoms with Crippen LogP contribution in [0.2, 0.25) is 0 Å². The Morgan fingerprint density at radius 1 is 1.78 bits per heavy atom. The van der Waals surface area contributed by atoms with E-state index in [1.165, 1.54) is 0 Å². The quantitative estimate of drug-likeness (QED) is 0.654. The van der Waals surface area contributed by atoms with Crippen molar-refractivity contribution in [2.45, 2.75) is 13.3 Å². The maximum atomic E-state index is 10.6. The van der Waals surface area contributed by atoms with Gasteiger partial charge in [0.05, 0.1) is 6.61 Å². The van der Waals surface area contributed by atoms with Crippen LogP contribution in [0.5, 0.6) is 0 Å². The highest BCUT2D eigenvalue weighted by Gasteiger charge is 2.15. The smallest absolute Gasteiger partial charge is 0.316 e. The largest absolute Gasteiger partial charge is 0.386 e. The Labute approximate surface area is 59.1 Å². The third-order valence-electron chi connectivity index (χ3n) is 0.689. The molecule has 9 heavy (non-hydrogen) atoms. The van der Waals surface area contributed by atoms with Crippen molar-refractivity contribution >= 4 is 18.2 Å². The van der Waals surface area contributed by atoms with E-state index in [1.807, 2.05) is 6.92 Å². The van der Waals surface area contributed by atoms with E-state index < -0.39 is 6.80 Å². The molecule has 3 nitrogen and oxygen atoms in total. The molecule has 5 heteroatoms. The lowest BCUT2D eigenvalue weighted by atomic mass is 10.5. The molecule has 56 valence electrons. The van der Waals surface area contributed by atoms with Gasteiger partial charge in [0.1, 0.15) is 0 Å². The van der Waals surface area contributed by atoms with E-state index in [2.05, 4.69) is 4.52 Å². The first-order valence-corrected chi connectivity index (χ1v) is 6.06. The molecule has 0 fully saturated rings. The van der Waals surface area contributed by atoms with Crippen LogP contribution in [0.4, 0.5) is 0 Å². The molecule has 0 heterocycles. The Morgan fingerprint density at radius 2 is 2.33 bits per heavy atom. The first kappa shape index (κ1) is 9.50. The maximum absolute atomic E-state index is 10.6. The summed E-state index contributed by atoms with van der Waals surface area (Å²) < 4.78 is 15.2. The van der Waals surface area contributed by atoms with Gasteiger partial charge in [-0.25, -0.2) is 4.57 Å². The predicted octanol–water partition coefficient (Wildman–Crippen LogP) is 1.88. The van der Waals surface area contributed by atoms with Crippen LogP contribution in [0.1, 0.15) is 13.3 Å². The van der Waals surface area contributed by atoms with E-state index in [0.29, 0.717) is 6.61 Å². The van der Waals surface area contributed by atoms with Crippen molar-refractivity contribution in [3.8, 4) is 0 Å². The fourth-order valence-corrected chi connectivity index (χ4v) is 1.32. The molecule has 0 bridgehead atoms. The summed E-state index contributed by atoms with van der Waals surface area (Å²) in [5.41, 5.74) is 0. The van der Waals surface area contributed by atoms with Crippen molar-refractivity contribution in [2.75, 3.05) is 12.9 Å². The molecule has 1 N–H and O–H groups in total. The monoisotopic (exact) mass is 170 g/mol. The average Bonchev–Trinajstić information content (AvgIpc) is 1.84. The summed E-state index contributed by atoms with van der Waals surface area (Å²) in [6.45, 7) is -1.03. The van der Waals surface area contributed by atoms with Gasteiger partial charge < -0.3 is 9.42 Å². The van der Waals surface area contributed by atoms with Gasteiger partial charge in [-0.15, -0.1) is 0 Å². The Balaban J connectivity index is 3.46. The predicted molar refractivity (Wildman–Crippen MR) is 39.6 cm³/mol. The van der Waals surface area contributed by atoms with E-state index >= 15 is 0 Å². The SMILES string of the molecule is CCCOP(=O)(O)SC. The Bertz CT molecular complexity index is 116. The molecule has 1 atom stereocenters. The number of hydrogen-bond donors (Lipinski definition) is 1. The second-order valence-corrected chi connectivity index (χ2v) is 5.52. The number of rotatable bonds is 4. The Kier molecular flexibility index (Phi) is 4.58. The topological polar surface area (TPSA) is 46.5 Å². The summed E-state index contributed by atoms with van der Waals surface area (Å²) in [5, 5.41) is 0. The van der Waals surface area contributed by atoms with Crippen LogP contribution in [0.3, 0.4) is 0 Å². The fourth-order valence-electron chi connectivity index (χ4n) is 0.259. The molecule has 0 radical (unpaired) electrons. The molecule has 0 aromatic rings. The molecule has 0 aliphatic rings. The normalized spacial score (nSPS) is 17.2. The summed E-state index contributed by atoms with van der Waals surface area (Å²) in [5.74, 6) is 0. The first-order chi connectivity index (χ1) is 4.12. The molecule has 0 saturated carbocycles. The van der Waals surface area contributed by atoms with Crippen molar-refractivity contribution in [1.29, 1.82) is 0 Å². The van der Waals surface area contributed by atoms with Gasteiger partial charge in [-0.2, -0.15) is 0 Å². The molecular formula is C4H11O3PS. The van der Waals surface area contributed by atoms with E-state index in [9.17, 15) is 4.57 Å². The van der Waals surface area contributed by atoms with Gasteiger partial charge in [-0.3, -0.25) is 0 Å². The van der Waals surface area contributed by atoms with Crippen LogP contribution in [0.25, 0.3) is 0 Å². The molecule has 0 aliphatic heterocycles. The van der Waals surface area contributed by atoms with Gasteiger partial charge in [-0.05, 0) is 24.1 Å². The van der Waals surface area contributed by atoms with Crippen molar-refractivity contribution in [3.63, 3.8) is 0 Å². The van der Waals surface area contributed by atoms with Gasteiger partial charge in [0.25, 0.3) is 0 Å². The third kappa shape index (κ3) is 4.97. The first-order valence-electron chi connectivity index (χ1n) is 2.65. The molecule has 0 saturated heterocycles. The molecule has 1 unspecified atom stereocenters. The van der Waals surface area contributed by atoms with Gasteiger partial charge in [0.15, 0.2) is 0 Å². The van der Waals surface area contributed by atoms with Gasteiger partial charge in [0, 0.05) is 0 Å². The van der Waals surface area contributed by atoms with Crippen LogP contribution in [-0.4, -0.2) is 17.8 Å². The minimum atomic E-state index is -3.27. The zero-order valence-electron chi connectivity index (χ0n) is 5.53. The maximum Gasteiger partial charge on any atom is 0.386 e. The standard InChI is InChI=1S/C4H11O3PS/c1-3-4-7-8(5,6)9-2/h3-4H2,1-2H3,(H,5,6). The van der Waals surface area contributed by atoms with Gasteiger partial charge in [-0.1, -0.05) is 6.92 Å². The summed E-state index contributed by atoms with van der Waals surface area (Å²) in [7, 11) is 0. The fraction of sp³-hybridized carbons (Fsp3) is 1.00. The lowest BCUT2D eigenvalue weighted by Crippen LogP contribution is -1.86. The second kappa shape index (κ2) is 4.34. The Morgan fingerprint density at radius 3 is 2.67 bits per heavy atom. The van der Waals surface area contributed by atoms with E-state index in [4.69, 9.17) is 4.89 Å². The molecule has 0 rings (SSSR count). The summed E-state index contributed by atoms with van der Waals surface area (Å²) in [6.07, 6.45) is 2.32. The van der Waals surface area contributed by atoms with E-state index in [1.54, 1.807) is 6.26 Å². The minimum Gasteiger partial charge on any atom is -0.316 e. The average molecular weight is 170 g/mol. The zero-order valence-corrected chi connectivity index (χ0v) is 7.24. The summed E-state index contributed by atoms with van der Waals surface area (Å²) in [6, 6.07) is 0. The third-order valence-corrected chi connectivity index (χ3v) is 3.36. The van der Waals surface area contributed by atoms with Crippen molar-refractivity contribution in [3.05, 3.63) is 0 Å². The Hall–Kier alpha value is 0.500. The van der Waals surface area contributed by atoms with Crippen molar-refractivity contribution in [2.24, 2.45) is 0 Å². The van der Waals surface area contributed by atoms with Gasteiger partial charge in [0.2, 0.25) is 0 Å². The number of hydrogen-bond acceptors (Lipinski definition) is 3. The zero-order chi connectivity index (χ0) is 7.33. The van der Waals surface area contributed by atoms with Crippen LogP contribution in [0, 0.1) is 0 Å². The summed E-state index contributed by atoms with van der Waals surface area (Å²) in [4.78, 5) is 8.75. The van der Waals surface area contributed by atoms with Crippen LogP contribution in [-0.2, 0) is 9.09 Å².